The largest absolute Gasteiger partial charge is 0.295 e. The summed E-state index contributed by atoms with van der Waals surface area (Å²) in [6.07, 6.45) is 0. The molecule has 1 heterocycles. The van der Waals surface area contributed by atoms with E-state index in [-0.39, 0.29) is 4.90 Å². The molecule has 1 aromatic rings. The Balaban J connectivity index is 3.54. The van der Waals surface area contributed by atoms with Gasteiger partial charge in [-0.2, -0.15) is 8.42 Å². The maximum absolute atomic E-state index is 10.9. The van der Waals surface area contributed by atoms with Crippen molar-refractivity contribution < 1.29 is 13.0 Å². The highest BCUT2D eigenvalue weighted by atomic mass is 32.2. The Bertz CT molecular complexity index is 401. The maximum Gasteiger partial charge on any atom is 0.295 e. The Morgan fingerprint density at radius 2 is 1.67 bits per heavy atom. The van der Waals surface area contributed by atoms with Gasteiger partial charge in [-0.3, -0.25) is 4.55 Å². The predicted octanol–water partition coefficient (Wildman–Crippen LogP) is 1.92. The lowest BCUT2D eigenvalue weighted by molar-refractivity contribution is 0.482. The molecule has 0 aliphatic carbocycles. The minimum atomic E-state index is -4.03. The van der Waals surface area contributed by atoms with E-state index in [1.807, 2.05) is 6.92 Å². The summed E-state index contributed by atoms with van der Waals surface area (Å²) in [4.78, 5) is 1.65. The van der Waals surface area contributed by atoms with Crippen molar-refractivity contribution in [3.05, 3.63) is 15.3 Å². The molecular formula is C7H10O3S2. The molecule has 0 saturated heterocycles. The highest BCUT2D eigenvalue weighted by molar-refractivity contribution is 7.86. The van der Waals surface area contributed by atoms with Gasteiger partial charge in [0.15, 0.2) is 0 Å². The van der Waals surface area contributed by atoms with Gasteiger partial charge >= 0.3 is 0 Å². The minimum Gasteiger partial charge on any atom is -0.282 e. The molecule has 0 bridgehead atoms. The topological polar surface area (TPSA) is 54.4 Å². The van der Waals surface area contributed by atoms with Gasteiger partial charge in [0, 0.05) is 9.75 Å². The Labute approximate surface area is 75.8 Å². The summed E-state index contributed by atoms with van der Waals surface area (Å²) in [5, 5.41) is 0. The fourth-order valence-electron chi connectivity index (χ4n) is 1.15. The first-order chi connectivity index (χ1) is 5.34. The van der Waals surface area contributed by atoms with Crippen LogP contribution in [0.3, 0.4) is 0 Å². The van der Waals surface area contributed by atoms with E-state index in [2.05, 4.69) is 0 Å². The van der Waals surface area contributed by atoms with E-state index < -0.39 is 10.1 Å². The third-order valence-corrected chi connectivity index (χ3v) is 4.13. The van der Waals surface area contributed by atoms with E-state index in [4.69, 9.17) is 4.55 Å². The lowest BCUT2D eigenvalue weighted by atomic mass is 10.3. The second kappa shape index (κ2) is 2.83. The molecule has 1 N–H and O–H groups in total. The molecule has 0 aliphatic heterocycles. The quantitative estimate of drug-likeness (QED) is 0.714. The zero-order chi connectivity index (χ0) is 9.52. The zero-order valence-electron chi connectivity index (χ0n) is 7.08. The monoisotopic (exact) mass is 206 g/mol. The highest BCUT2D eigenvalue weighted by Crippen LogP contribution is 2.29. The van der Waals surface area contributed by atoms with Crippen LogP contribution in [0.5, 0.6) is 0 Å². The summed E-state index contributed by atoms with van der Waals surface area (Å²) in [5.41, 5.74) is 0.653. The van der Waals surface area contributed by atoms with Gasteiger partial charge in [-0.05, 0) is 26.3 Å². The van der Waals surface area contributed by atoms with Crippen molar-refractivity contribution in [1.82, 2.24) is 0 Å². The predicted molar refractivity (Wildman–Crippen MR) is 48.3 cm³/mol. The molecule has 5 heteroatoms. The molecule has 1 aromatic heterocycles. The van der Waals surface area contributed by atoms with Crippen molar-refractivity contribution in [2.24, 2.45) is 0 Å². The van der Waals surface area contributed by atoms with Crippen LogP contribution >= 0.6 is 11.3 Å². The third-order valence-electron chi connectivity index (χ3n) is 1.75. The molecule has 0 fully saturated rings. The van der Waals surface area contributed by atoms with Crippen LogP contribution in [0.25, 0.3) is 0 Å². The van der Waals surface area contributed by atoms with Crippen molar-refractivity contribution in [1.29, 1.82) is 0 Å². The fourth-order valence-corrected chi connectivity index (χ4v) is 3.52. The molecule has 0 atom stereocenters. The van der Waals surface area contributed by atoms with Crippen LogP contribution in [0.2, 0.25) is 0 Å². The summed E-state index contributed by atoms with van der Waals surface area (Å²) in [6, 6.07) is 0. The second-order valence-electron chi connectivity index (χ2n) is 2.64. The van der Waals surface area contributed by atoms with Gasteiger partial charge in [-0.1, -0.05) is 0 Å². The summed E-state index contributed by atoms with van der Waals surface area (Å²) >= 11 is 1.38. The van der Waals surface area contributed by atoms with Crippen LogP contribution in [-0.2, 0) is 10.1 Å². The SMILES string of the molecule is Cc1sc(C)c(S(=O)(=O)O)c1C. The van der Waals surface area contributed by atoms with E-state index in [1.165, 1.54) is 11.3 Å². The normalized spacial score (nSPS) is 12.0. The first kappa shape index (κ1) is 9.70. The highest BCUT2D eigenvalue weighted by Gasteiger charge is 2.19. The van der Waals surface area contributed by atoms with E-state index in [1.54, 1.807) is 13.8 Å². The number of hydrogen-bond acceptors (Lipinski definition) is 3. The first-order valence-corrected chi connectivity index (χ1v) is 5.63. The molecule has 12 heavy (non-hydrogen) atoms. The van der Waals surface area contributed by atoms with Crippen molar-refractivity contribution in [3.63, 3.8) is 0 Å². The van der Waals surface area contributed by atoms with Gasteiger partial charge < -0.3 is 0 Å². The van der Waals surface area contributed by atoms with Crippen molar-refractivity contribution >= 4 is 21.5 Å². The molecule has 0 radical (unpaired) electrons. The smallest absolute Gasteiger partial charge is 0.282 e. The molecule has 1 rings (SSSR count). The zero-order valence-corrected chi connectivity index (χ0v) is 8.71. The lowest BCUT2D eigenvalue weighted by Crippen LogP contribution is -2.00. The molecule has 0 aromatic carbocycles. The molecule has 0 saturated carbocycles. The molecule has 0 unspecified atom stereocenters. The standard InChI is InChI=1S/C7H10O3S2/c1-4-5(2)11-6(3)7(4)12(8,9)10/h1-3H3,(H,8,9,10). The third kappa shape index (κ3) is 1.53. The van der Waals surface area contributed by atoms with Crippen LogP contribution in [0.15, 0.2) is 4.90 Å². The number of hydrogen-bond donors (Lipinski definition) is 1. The van der Waals surface area contributed by atoms with Gasteiger partial charge in [0.2, 0.25) is 0 Å². The summed E-state index contributed by atoms with van der Waals surface area (Å²) in [6.45, 7) is 5.22. The summed E-state index contributed by atoms with van der Waals surface area (Å²) < 4.78 is 30.5. The fraction of sp³-hybridized carbons (Fsp3) is 0.429. The Morgan fingerprint density at radius 1 is 1.17 bits per heavy atom. The maximum atomic E-state index is 10.9. The van der Waals surface area contributed by atoms with Crippen LogP contribution in [0.4, 0.5) is 0 Å². The van der Waals surface area contributed by atoms with Gasteiger partial charge in [-0.25, -0.2) is 0 Å². The van der Waals surface area contributed by atoms with Crippen molar-refractivity contribution in [3.8, 4) is 0 Å². The molecule has 0 aliphatic rings. The van der Waals surface area contributed by atoms with Gasteiger partial charge in [0.05, 0.1) is 0 Å². The molecule has 0 spiro atoms. The summed E-state index contributed by atoms with van der Waals surface area (Å²) in [7, 11) is -4.03. The molecule has 0 amide bonds. The Kier molecular flexibility index (Phi) is 2.29. The van der Waals surface area contributed by atoms with Gasteiger partial charge in [0.1, 0.15) is 4.90 Å². The minimum absolute atomic E-state index is 0.0741. The van der Waals surface area contributed by atoms with E-state index >= 15 is 0 Å². The molecule has 3 nitrogen and oxygen atoms in total. The average molecular weight is 206 g/mol. The van der Waals surface area contributed by atoms with E-state index in [0.717, 1.165) is 4.88 Å². The molecular weight excluding hydrogens is 196 g/mol. The van der Waals surface area contributed by atoms with E-state index in [0.29, 0.717) is 10.4 Å². The van der Waals surface area contributed by atoms with Gasteiger partial charge in [-0.15, -0.1) is 11.3 Å². The van der Waals surface area contributed by atoms with Crippen LogP contribution in [0.1, 0.15) is 15.3 Å². The summed E-state index contributed by atoms with van der Waals surface area (Å²) in [5.74, 6) is 0. The number of aryl methyl sites for hydroxylation is 2. The lowest BCUT2D eigenvalue weighted by Gasteiger charge is -1.96. The Morgan fingerprint density at radius 3 is 1.83 bits per heavy atom. The van der Waals surface area contributed by atoms with E-state index in [9.17, 15) is 8.42 Å². The average Bonchev–Trinajstić information content (AvgIpc) is 2.05. The van der Waals surface area contributed by atoms with Crippen LogP contribution < -0.4 is 0 Å². The number of rotatable bonds is 1. The molecule has 68 valence electrons. The van der Waals surface area contributed by atoms with Gasteiger partial charge in [0.25, 0.3) is 10.1 Å². The number of thiophene rings is 1. The van der Waals surface area contributed by atoms with Crippen LogP contribution in [0, 0.1) is 20.8 Å². The second-order valence-corrected chi connectivity index (χ2v) is 5.43. The van der Waals surface area contributed by atoms with Crippen molar-refractivity contribution in [2.75, 3.05) is 0 Å². The first-order valence-electron chi connectivity index (χ1n) is 3.38. The Hall–Kier alpha value is -0.390. The van der Waals surface area contributed by atoms with Crippen LogP contribution in [-0.4, -0.2) is 13.0 Å². The van der Waals surface area contributed by atoms with Crippen molar-refractivity contribution in [2.45, 2.75) is 25.7 Å².